The van der Waals surface area contributed by atoms with Crippen LogP contribution in [0.5, 0.6) is 0 Å². The van der Waals surface area contributed by atoms with E-state index in [2.05, 4.69) is 0 Å². The van der Waals surface area contributed by atoms with E-state index >= 15 is 0 Å². The lowest BCUT2D eigenvalue weighted by Crippen LogP contribution is -2.00. The van der Waals surface area contributed by atoms with Gasteiger partial charge in [0.2, 0.25) is 0 Å². The van der Waals surface area contributed by atoms with Crippen molar-refractivity contribution in [3.63, 3.8) is 0 Å². The third kappa shape index (κ3) is 4.91. The summed E-state index contributed by atoms with van der Waals surface area (Å²) >= 11 is 0. The van der Waals surface area contributed by atoms with Gasteiger partial charge in [0, 0.05) is 0 Å². The van der Waals surface area contributed by atoms with E-state index in [0.717, 1.165) is 18.8 Å². The summed E-state index contributed by atoms with van der Waals surface area (Å²) in [5.74, 6) is -0.101. The second-order valence-corrected chi connectivity index (χ2v) is 4.12. The molecule has 0 atom stereocenters. The van der Waals surface area contributed by atoms with Gasteiger partial charge in [0.15, 0.2) is 0 Å². The summed E-state index contributed by atoms with van der Waals surface area (Å²) in [6, 6.07) is 0. The van der Waals surface area contributed by atoms with Crippen LogP contribution in [0, 0.1) is 5.92 Å². The smallest absolute Gasteiger partial charge is 0.247 e. The van der Waals surface area contributed by atoms with E-state index < -0.39 is 5.97 Å². The topological polar surface area (TPSA) is 37.0 Å². The molecule has 0 heterocycles. The third-order valence-corrected chi connectivity index (χ3v) is 2.97. The van der Waals surface area contributed by atoms with Crippen LogP contribution in [0.4, 0.5) is 0 Å². The first-order valence-corrected chi connectivity index (χ1v) is 5.49. The van der Waals surface area contributed by atoms with Crippen LogP contribution in [0.15, 0.2) is 0 Å². The van der Waals surface area contributed by atoms with Gasteiger partial charge in [-0.25, -0.2) is 9.90 Å². The van der Waals surface area contributed by atoms with Gasteiger partial charge in [-0.15, -0.1) is 0 Å². The Morgan fingerprint density at radius 1 is 1.08 bits per heavy atom. The Morgan fingerprint density at radius 3 is 2.23 bits per heavy atom. The highest BCUT2D eigenvalue weighted by molar-refractivity contribution is 5.66. The lowest BCUT2D eigenvalue weighted by molar-refractivity contribution is -0.143. The van der Waals surface area contributed by atoms with Crippen LogP contribution >= 0.6 is 0 Å². The minimum absolute atomic E-state index is 0.247. The molecule has 1 aliphatic rings. The van der Waals surface area contributed by atoms with Crippen LogP contribution in [0.2, 0.25) is 0 Å². The highest BCUT2D eigenvalue weighted by Crippen LogP contribution is 2.26. The van der Waals surface area contributed by atoms with Crippen LogP contribution in [0.3, 0.4) is 0 Å². The van der Waals surface area contributed by atoms with Gasteiger partial charge in [-0.3, -0.25) is 0 Å². The van der Waals surface area contributed by atoms with Crippen molar-refractivity contribution in [2.75, 3.05) is 0 Å². The highest BCUT2D eigenvalue weighted by atomic mass is 16.4. The Kier molecular flexibility index (Phi) is 4.87. The molecular formula is C11H19O2. The molecule has 1 radical (unpaired) electrons. The summed E-state index contributed by atoms with van der Waals surface area (Å²) in [5.41, 5.74) is 0. The molecule has 1 rings (SSSR count). The highest BCUT2D eigenvalue weighted by Gasteiger charge is 2.12. The van der Waals surface area contributed by atoms with Crippen molar-refractivity contribution in [2.45, 2.75) is 57.8 Å². The van der Waals surface area contributed by atoms with E-state index in [0.29, 0.717) is 0 Å². The van der Waals surface area contributed by atoms with Crippen LogP contribution in [-0.4, -0.2) is 5.97 Å². The predicted molar refractivity (Wildman–Crippen MR) is 50.7 cm³/mol. The van der Waals surface area contributed by atoms with Gasteiger partial charge in [0.05, 0.1) is 6.42 Å². The molecule has 0 spiro atoms. The Bertz CT molecular complexity index is 146. The van der Waals surface area contributed by atoms with Gasteiger partial charge in [-0.2, -0.15) is 0 Å². The van der Waals surface area contributed by atoms with E-state index in [1.54, 1.807) is 0 Å². The van der Waals surface area contributed by atoms with Gasteiger partial charge in [0.25, 0.3) is 0 Å². The zero-order valence-corrected chi connectivity index (χ0v) is 8.26. The van der Waals surface area contributed by atoms with E-state index in [4.69, 9.17) is 0 Å². The molecule has 1 saturated carbocycles. The van der Waals surface area contributed by atoms with Crippen molar-refractivity contribution in [3.8, 4) is 0 Å². The molecule has 0 aromatic carbocycles. The first kappa shape index (κ1) is 10.6. The molecule has 1 aliphatic carbocycles. The summed E-state index contributed by atoms with van der Waals surface area (Å²) in [7, 11) is 0. The van der Waals surface area contributed by atoms with Crippen LogP contribution < -0.4 is 0 Å². The van der Waals surface area contributed by atoms with Crippen molar-refractivity contribution in [3.05, 3.63) is 0 Å². The number of hydrogen-bond donors (Lipinski definition) is 0. The van der Waals surface area contributed by atoms with Gasteiger partial charge >= 0.3 is 5.97 Å². The summed E-state index contributed by atoms with van der Waals surface area (Å²) in [4.78, 5) is 10.2. The lowest BCUT2D eigenvalue weighted by atomic mass is 9.94. The molecule has 1 fully saturated rings. The van der Waals surface area contributed by atoms with Gasteiger partial charge in [0.1, 0.15) is 0 Å². The molecule has 0 bridgehead atoms. The maximum atomic E-state index is 10.2. The molecule has 0 unspecified atom stereocenters. The summed E-state index contributed by atoms with van der Waals surface area (Å²) in [6.45, 7) is 0. The maximum absolute atomic E-state index is 10.2. The van der Waals surface area contributed by atoms with Crippen LogP contribution in [0.1, 0.15) is 57.8 Å². The minimum atomic E-state index is -0.895. The Hall–Kier alpha value is -0.530. The fourth-order valence-electron chi connectivity index (χ4n) is 2.19. The fourth-order valence-corrected chi connectivity index (χ4v) is 2.19. The van der Waals surface area contributed by atoms with E-state index in [-0.39, 0.29) is 6.42 Å². The fraction of sp³-hybridized carbons (Fsp3) is 0.909. The Labute approximate surface area is 80.3 Å². The zero-order chi connectivity index (χ0) is 9.52. The number of hydrogen-bond acceptors (Lipinski definition) is 1. The second kappa shape index (κ2) is 6.01. The predicted octanol–water partition coefficient (Wildman–Crippen LogP) is 3.08. The summed E-state index contributed by atoms with van der Waals surface area (Å²) in [6.07, 6.45) is 10.2. The van der Waals surface area contributed by atoms with Crippen molar-refractivity contribution >= 4 is 5.97 Å². The summed E-state index contributed by atoms with van der Waals surface area (Å²) < 4.78 is 0. The number of carbonyl (C=O) groups is 1. The normalized spacial score (nSPS) is 19.7. The van der Waals surface area contributed by atoms with E-state index in [1.807, 2.05) is 0 Å². The Balaban J connectivity index is 2.08. The number of rotatable bonds is 4. The van der Waals surface area contributed by atoms with Crippen LogP contribution in [-0.2, 0) is 9.90 Å². The molecule has 0 aliphatic heterocycles. The average molecular weight is 183 g/mol. The maximum Gasteiger partial charge on any atom is 0.355 e. The summed E-state index contributed by atoms with van der Waals surface area (Å²) in [5, 5.41) is 10.2. The van der Waals surface area contributed by atoms with Crippen molar-refractivity contribution in [2.24, 2.45) is 5.92 Å². The molecule has 0 aromatic heterocycles. The largest absolute Gasteiger partial charge is 0.355 e. The zero-order valence-electron chi connectivity index (χ0n) is 8.26. The lowest BCUT2D eigenvalue weighted by Gasteiger charge is -2.11. The molecule has 0 amide bonds. The van der Waals surface area contributed by atoms with Gasteiger partial charge in [-0.05, 0) is 18.8 Å². The first-order chi connectivity index (χ1) is 6.29. The molecular weight excluding hydrogens is 164 g/mol. The minimum Gasteiger partial charge on any atom is -0.247 e. The molecule has 13 heavy (non-hydrogen) atoms. The molecule has 75 valence electrons. The second-order valence-electron chi connectivity index (χ2n) is 4.12. The van der Waals surface area contributed by atoms with Crippen molar-refractivity contribution in [1.29, 1.82) is 0 Å². The van der Waals surface area contributed by atoms with Crippen molar-refractivity contribution in [1.82, 2.24) is 0 Å². The van der Waals surface area contributed by atoms with Gasteiger partial charge in [-0.1, -0.05) is 38.5 Å². The molecule has 2 nitrogen and oxygen atoms in total. The quantitative estimate of drug-likeness (QED) is 0.617. The van der Waals surface area contributed by atoms with Gasteiger partial charge < -0.3 is 0 Å². The molecule has 0 saturated heterocycles. The molecule has 0 N–H and O–H groups in total. The molecule has 0 aromatic rings. The SMILES string of the molecule is [O]C(=O)CCCC1CCCCCC1. The standard InChI is InChI=1S/C11H19O2/c12-11(13)9-5-8-10-6-3-1-2-4-7-10/h10H,1-9H2. The van der Waals surface area contributed by atoms with Crippen LogP contribution in [0.25, 0.3) is 0 Å². The average Bonchev–Trinajstić information content (AvgIpc) is 2.32. The number of carbonyl (C=O) groups excluding carboxylic acids is 1. The van der Waals surface area contributed by atoms with E-state index in [1.165, 1.54) is 38.5 Å². The monoisotopic (exact) mass is 183 g/mol. The first-order valence-electron chi connectivity index (χ1n) is 5.49. The van der Waals surface area contributed by atoms with Crippen molar-refractivity contribution < 1.29 is 9.90 Å². The Morgan fingerprint density at radius 2 is 1.69 bits per heavy atom. The third-order valence-electron chi connectivity index (χ3n) is 2.97. The van der Waals surface area contributed by atoms with E-state index in [9.17, 15) is 9.90 Å². The molecule has 2 heteroatoms.